The summed E-state index contributed by atoms with van der Waals surface area (Å²) in [6, 6.07) is 9.66. The third-order valence-corrected chi connectivity index (χ3v) is 5.79. The number of hydrogen-bond acceptors (Lipinski definition) is 6. The number of methoxy groups -OCH3 is 1. The van der Waals surface area contributed by atoms with E-state index in [2.05, 4.69) is 4.72 Å². The van der Waals surface area contributed by atoms with E-state index in [1.165, 1.54) is 19.4 Å². The smallest absolute Gasteiger partial charge is 0.303 e. The number of ether oxygens (including phenoxy) is 2. The average molecular weight is 495 g/mol. The van der Waals surface area contributed by atoms with Crippen LogP contribution in [0.25, 0.3) is 11.1 Å². The topological polar surface area (TPSA) is 148 Å². The van der Waals surface area contributed by atoms with E-state index < -0.39 is 22.0 Å². The van der Waals surface area contributed by atoms with Gasteiger partial charge in [-0.25, -0.2) is 5.14 Å². The van der Waals surface area contributed by atoms with Crippen molar-refractivity contribution in [1.82, 2.24) is 0 Å². The fourth-order valence-corrected chi connectivity index (χ4v) is 4.14. The first-order valence-electron chi connectivity index (χ1n) is 9.71. The summed E-state index contributed by atoms with van der Waals surface area (Å²) in [5, 5.41) is 25.9. The number of allylic oxidation sites excluding steroid dienone is 2. The molecule has 0 amide bonds. The van der Waals surface area contributed by atoms with Crippen LogP contribution in [0.15, 0.2) is 48.7 Å². The van der Waals surface area contributed by atoms with Crippen LogP contribution in [0.2, 0.25) is 5.02 Å². The molecule has 0 radical (unpaired) electrons. The Balaban J connectivity index is 2.11. The third-order valence-electron chi connectivity index (χ3n) is 5.03. The van der Waals surface area contributed by atoms with Crippen LogP contribution in [0.3, 0.4) is 0 Å². The van der Waals surface area contributed by atoms with Gasteiger partial charge in [0.15, 0.2) is 0 Å². The quantitative estimate of drug-likeness (QED) is 0.440. The third kappa shape index (κ3) is 5.85. The van der Waals surface area contributed by atoms with E-state index in [-0.39, 0.29) is 18.5 Å². The largest absolute Gasteiger partial charge is 0.496 e. The van der Waals surface area contributed by atoms with Gasteiger partial charge in [-0.15, -0.1) is 0 Å². The van der Waals surface area contributed by atoms with Crippen LogP contribution in [0.1, 0.15) is 29.5 Å². The number of aliphatic carboxylic acids is 1. The Kier molecular flexibility index (Phi) is 7.03. The number of halogens is 1. The van der Waals surface area contributed by atoms with E-state index in [1.54, 1.807) is 43.3 Å². The second-order valence-corrected chi connectivity index (χ2v) is 9.18. The Morgan fingerprint density at radius 3 is 2.55 bits per heavy atom. The normalized spacial score (nSPS) is 18.1. The van der Waals surface area contributed by atoms with E-state index >= 15 is 0 Å². The second kappa shape index (κ2) is 9.44. The summed E-state index contributed by atoms with van der Waals surface area (Å²) >= 11 is 6.06. The van der Waals surface area contributed by atoms with Crippen LogP contribution in [0.5, 0.6) is 5.75 Å². The van der Waals surface area contributed by atoms with Gasteiger partial charge in [-0.1, -0.05) is 17.7 Å². The van der Waals surface area contributed by atoms with E-state index in [0.29, 0.717) is 38.6 Å². The highest BCUT2D eigenvalue weighted by molar-refractivity contribution is 7.90. The summed E-state index contributed by atoms with van der Waals surface area (Å²) in [6.07, 6.45) is 2.45. The van der Waals surface area contributed by atoms with Crippen LogP contribution in [-0.4, -0.2) is 37.5 Å². The molecule has 5 N–H and O–H groups in total. The van der Waals surface area contributed by atoms with Gasteiger partial charge in [0, 0.05) is 28.2 Å². The molecule has 1 heterocycles. The zero-order valence-electron chi connectivity index (χ0n) is 17.8. The fraction of sp³-hybridized carbons (Fsp3) is 0.227. The molecule has 1 atom stereocenters. The molecular weight excluding hydrogens is 472 g/mol. The van der Waals surface area contributed by atoms with Crippen molar-refractivity contribution < 1.29 is 32.9 Å². The Morgan fingerprint density at radius 2 is 1.94 bits per heavy atom. The molecule has 2 aromatic rings. The molecule has 0 aliphatic carbocycles. The molecule has 9 nitrogen and oxygen atoms in total. The number of aliphatic hydroxyl groups is 1. The Morgan fingerprint density at radius 1 is 1.24 bits per heavy atom. The van der Waals surface area contributed by atoms with E-state index in [1.807, 2.05) is 0 Å². The molecule has 0 aromatic heterocycles. The number of nitrogens with two attached hydrogens (primary N) is 1. The summed E-state index contributed by atoms with van der Waals surface area (Å²) in [6.45, 7) is 1.71. The maximum atomic E-state index is 11.3. The molecule has 1 aliphatic heterocycles. The van der Waals surface area contributed by atoms with Crippen molar-refractivity contribution in [3.8, 4) is 5.75 Å². The summed E-state index contributed by atoms with van der Waals surface area (Å²) in [5.41, 5.74) is 2.87. The average Bonchev–Trinajstić information content (AvgIpc) is 2.72. The highest BCUT2D eigenvalue weighted by atomic mass is 35.5. The van der Waals surface area contributed by atoms with Crippen molar-refractivity contribution in [1.29, 1.82) is 0 Å². The number of carbonyl (C=O) groups is 1. The summed E-state index contributed by atoms with van der Waals surface area (Å²) in [4.78, 5) is 11.2. The lowest BCUT2D eigenvalue weighted by atomic mass is 9.87. The van der Waals surface area contributed by atoms with E-state index in [0.717, 1.165) is 0 Å². The molecule has 0 saturated carbocycles. The molecule has 0 saturated heterocycles. The molecule has 1 aliphatic rings. The number of hydrogen-bond donors (Lipinski definition) is 4. The van der Waals surface area contributed by atoms with Gasteiger partial charge in [0.2, 0.25) is 5.79 Å². The Bertz CT molecular complexity index is 1260. The maximum Gasteiger partial charge on any atom is 0.303 e. The van der Waals surface area contributed by atoms with Crippen LogP contribution in [-0.2, 0) is 19.7 Å². The number of benzene rings is 2. The van der Waals surface area contributed by atoms with Crippen molar-refractivity contribution in [2.24, 2.45) is 5.14 Å². The molecule has 33 heavy (non-hydrogen) atoms. The van der Waals surface area contributed by atoms with Gasteiger partial charge in [0.25, 0.3) is 10.2 Å². The van der Waals surface area contributed by atoms with Gasteiger partial charge < -0.3 is 19.7 Å². The number of carboxylic acid groups (broad SMARTS) is 1. The van der Waals surface area contributed by atoms with Gasteiger partial charge >= 0.3 is 5.97 Å². The molecule has 11 heteroatoms. The summed E-state index contributed by atoms with van der Waals surface area (Å²) in [7, 11) is -2.47. The lowest BCUT2D eigenvalue weighted by Gasteiger charge is -2.34. The molecule has 1 unspecified atom stereocenters. The van der Waals surface area contributed by atoms with Gasteiger partial charge in [0.1, 0.15) is 5.75 Å². The first-order chi connectivity index (χ1) is 15.4. The van der Waals surface area contributed by atoms with Crippen LogP contribution < -0.4 is 14.6 Å². The van der Waals surface area contributed by atoms with Gasteiger partial charge in [-0.3, -0.25) is 9.52 Å². The van der Waals surface area contributed by atoms with Gasteiger partial charge in [-0.05, 0) is 54.5 Å². The van der Waals surface area contributed by atoms with Crippen LogP contribution >= 0.6 is 11.6 Å². The number of aryl methyl sites for hydroxylation is 1. The highest BCUT2D eigenvalue weighted by Crippen LogP contribution is 2.42. The predicted molar refractivity (Wildman–Crippen MR) is 125 cm³/mol. The fourth-order valence-electron chi connectivity index (χ4n) is 3.52. The zero-order valence-corrected chi connectivity index (χ0v) is 19.4. The number of carboxylic acids is 1. The standard InChI is InChI=1S/C22H23ClN2O7S/c1-13-9-16(25-33(24,29)30)4-6-17(13)19-10-14(12-32-22(19,28)8-7-21(26)27)18-5-3-15(23)11-20(18)31-2/h3-6,9-12,25,28H,7-8H2,1-2H3,(H,26,27)(H2,24,29,30). The molecule has 3 rings (SSSR count). The minimum absolute atomic E-state index is 0.216. The highest BCUT2D eigenvalue weighted by Gasteiger charge is 2.38. The lowest BCUT2D eigenvalue weighted by Crippen LogP contribution is -2.35. The SMILES string of the molecule is COc1cc(Cl)ccc1C1=COC(O)(CCC(=O)O)C(c2ccc(NS(N)(=O)=O)cc2C)=C1. The van der Waals surface area contributed by atoms with Crippen molar-refractivity contribution in [2.75, 3.05) is 11.8 Å². The summed E-state index contributed by atoms with van der Waals surface area (Å²) < 4.78 is 36.0. The summed E-state index contributed by atoms with van der Waals surface area (Å²) in [5.74, 6) is -2.54. The molecule has 0 bridgehead atoms. The zero-order chi connectivity index (χ0) is 24.4. The Hall–Kier alpha value is -3.05. The van der Waals surface area contributed by atoms with E-state index in [9.17, 15) is 18.3 Å². The Labute approximate surface area is 196 Å². The van der Waals surface area contributed by atoms with Crippen LogP contribution in [0, 0.1) is 6.92 Å². The van der Waals surface area contributed by atoms with Crippen molar-refractivity contribution in [3.05, 3.63) is 70.4 Å². The monoisotopic (exact) mass is 494 g/mol. The molecule has 2 aromatic carbocycles. The minimum Gasteiger partial charge on any atom is -0.496 e. The molecular formula is C22H23ClN2O7S. The number of rotatable bonds is 8. The van der Waals surface area contributed by atoms with Crippen molar-refractivity contribution >= 4 is 44.6 Å². The van der Waals surface area contributed by atoms with Gasteiger partial charge in [0.05, 0.1) is 25.5 Å². The van der Waals surface area contributed by atoms with Crippen molar-refractivity contribution in [3.63, 3.8) is 0 Å². The first-order valence-corrected chi connectivity index (χ1v) is 11.6. The van der Waals surface area contributed by atoms with Crippen molar-refractivity contribution in [2.45, 2.75) is 25.6 Å². The minimum atomic E-state index is -3.97. The molecule has 0 spiro atoms. The predicted octanol–water partition coefficient (Wildman–Crippen LogP) is 3.28. The van der Waals surface area contributed by atoms with E-state index in [4.69, 9.17) is 31.3 Å². The first kappa shape index (κ1) is 24.6. The maximum absolute atomic E-state index is 11.3. The van der Waals surface area contributed by atoms with Crippen LogP contribution in [0.4, 0.5) is 5.69 Å². The second-order valence-electron chi connectivity index (χ2n) is 7.45. The number of nitrogens with one attached hydrogen (secondary N) is 1. The number of anilines is 1. The molecule has 176 valence electrons. The van der Waals surface area contributed by atoms with Gasteiger partial charge in [-0.2, -0.15) is 8.42 Å². The molecule has 0 fully saturated rings. The lowest BCUT2D eigenvalue weighted by molar-refractivity contribution is -0.147.